The minimum Gasteiger partial charge on any atom is -0.454 e. The number of ether oxygens (including phenoxy) is 2. The van der Waals surface area contributed by atoms with Crippen LogP contribution in [-0.4, -0.2) is 17.9 Å². The van der Waals surface area contributed by atoms with E-state index in [0.29, 0.717) is 22.8 Å². The van der Waals surface area contributed by atoms with Crippen LogP contribution in [0.25, 0.3) is 22.6 Å². The third-order valence-corrected chi connectivity index (χ3v) is 2.87. The van der Waals surface area contributed by atoms with Gasteiger partial charge in [-0.15, -0.1) is 4.99 Å². The summed E-state index contributed by atoms with van der Waals surface area (Å²) >= 11 is 0. The van der Waals surface area contributed by atoms with Crippen LogP contribution < -0.4 is 9.47 Å². The Labute approximate surface area is 111 Å². The summed E-state index contributed by atoms with van der Waals surface area (Å²) in [6, 6.07) is 5.32. The van der Waals surface area contributed by atoms with Gasteiger partial charge in [0.05, 0.1) is 6.20 Å². The van der Waals surface area contributed by atoms with Gasteiger partial charge in [-0.1, -0.05) is 0 Å². The van der Waals surface area contributed by atoms with Crippen molar-refractivity contribution in [3.8, 4) is 23.1 Å². The molecule has 2 aromatic heterocycles. The van der Waals surface area contributed by atoms with Crippen molar-refractivity contribution in [1.82, 2.24) is 4.98 Å². The molecule has 0 saturated carbocycles. The van der Waals surface area contributed by atoms with Crippen molar-refractivity contribution in [3.05, 3.63) is 24.4 Å². The van der Waals surface area contributed by atoms with Crippen molar-refractivity contribution in [2.24, 2.45) is 4.99 Å². The molecule has 0 bridgehead atoms. The molecule has 1 aliphatic heterocycles. The predicted molar refractivity (Wildman–Crippen MR) is 65.6 cm³/mol. The first-order valence-corrected chi connectivity index (χ1v) is 5.71. The lowest BCUT2D eigenvalue weighted by molar-refractivity contribution is 0.174. The molecule has 3 heterocycles. The standard InChI is InChI=1S/C13H6N2O5/c16-5-15-12-4-14-13(20-12)11-2-7-1-9-10(18-6-17-9)3-8(7)19-11/h1-4H,6H2. The lowest BCUT2D eigenvalue weighted by atomic mass is 10.2. The Morgan fingerprint density at radius 3 is 2.85 bits per heavy atom. The zero-order valence-corrected chi connectivity index (χ0v) is 9.95. The zero-order chi connectivity index (χ0) is 13.5. The fraction of sp³-hybridized carbons (Fsp3) is 0.0769. The maximum Gasteiger partial charge on any atom is 0.264 e. The van der Waals surface area contributed by atoms with E-state index in [0.717, 1.165) is 5.39 Å². The van der Waals surface area contributed by atoms with Gasteiger partial charge >= 0.3 is 0 Å². The lowest BCUT2D eigenvalue weighted by Crippen LogP contribution is -1.92. The summed E-state index contributed by atoms with van der Waals surface area (Å²) in [6.07, 6.45) is 2.70. The Morgan fingerprint density at radius 2 is 2.00 bits per heavy atom. The molecular weight excluding hydrogens is 264 g/mol. The van der Waals surface area contributed by atoms with Crippen LogP contribution in [0.15, 0.2) is 38.2 Å². The normalized spacial score (nSPS) is 12.6. The number of nitrogens with zero attached hydrogens (tertiary/aromatic N) is 2. The number of hydrogen-bond acceptors (Lipinski definition) is 7. The molecule has 0 unspecified atom stereocenters. The molecule has 0 aliphatic carbocycles. The molecule has 0 radical (unpaired) electrons. The maximum absolute atomic E-state index is 10.1. The minimum absolute atomic E-state index is 0.0737. The van der Waals surface area contributed by atoms with Crippen LogP contribution >= 0.6 is 0 Å². The van der Waals surface area contributed by atoms with Crippen molar-refractivity contribution < 1.29 is 23.1 Å². The summed E-state index contributed by atoms with van der Waals surface area (Å²) in [5, 5.41) is 0.836. The van der Waals surface area contributed by atoms with Gasteiger partial charge in [0, 0.05) is 11.5 Å². The first-order valence-electron chi connectivity index (χ1n) is 5.71. The van der Waals surface area contributed by atoms with E-state index in [-0.39, 0.29) is 18.6 Å². The largest absolute Gasteiger partial charge is 0.454 e. The van der Waals surface area contributed by atoms with Gasteiger partial charge in [-0.05, 0) is 12.1 Å². The number of fused-ring (bicyclic) bond motifs is 2. The molecule has 3 aromatic rings. The first kappa shape index (κ1) is 10.8. The molecule has 7 nitrogen and oxygen atoms in total. The van der Waals surface area contributed by atoms with E-state index >= 15 is 0 Å². The summed E-state index contributed by atoms with van der Waals surface area (Å²) in [6.45, 7) is 0.210. The Morgan fingerprint density at radius 1 is 1.15 bits per heavy atom. The Kier molecular flexibility index (Phi) is 2.15. The van der Waals surface area contributed by atoms with Crippen molar-refractivity contribution >= 4 is 22.9 Å². The van der Waals surface area contributed by atoms with Gasteiger partial charge in [-0.3, -0.25) is 0 Å². The molecule has 0 N–H and O–H groups in total. The van der Waals surface area contributed by atoms with Crippen molar-refractivity contribution in [2.75, 3.05) is 6.79 Å². The van der Waals surface area contributed by atoms with E-state index in [1.54, 1.807) is 12.1 Å². The van der Waals surface area contributed by atoms with E-state index in [4.69, 9.17) is 18.3 Å². The molecule has 0 spiro atoms. The molecule has 1 aromatic carbocycles. The number of isocyanates is 1. The average Bonchev–Trinajstić information content (AvgIpc) is 3.13. The van der Waals surface area contributed by atoms with E-state index in [9.17, 15) is 4.79 Å². The highest BCUT2D eigenvalue weighted by Crippen LogP contribution is 2.39. The number of aliphatic imine (C=N–C) groups is 1. The molecule has 0 saturated heterocycles. The SMILES string of the molecule is O=C=Nc1cnc(-c2cc3cc4c(cc3o2)OCO4)o1. The third kappa shape index (κ3) is 1.58. The number of rotatable bonds is 2. The van der Waals surface area contributed by atoms with Crippen LogP contribution in [0, 0.1) is 0 Å². The molecule has 7 heteroatoms. The van der Waals surface area contributed by atoms with Gasteiger partial charge in [0.2, 0.25) is 12.9 Å². The maximum atomic E-state index is 10.1. The van der Waals surface area contributed by atoms with E-state index in [2.05, 4.69) is 9.98 Å². The average molecular weight is 270 g/mol. The second-order valence-electron chi connectivity index (χ2n) is 4.06. The van der Waals surface area contributed by atoms with Crippen LogP contribution in [0.2, 0.25) is 0 Å². The Bertz CT molecular complexity index is 816. The van der Waals surface area contributed by atoms with Gasteiger partial charge in [-0.25, -0.2) is 9.78 Å². The summed E-state index contributed by atoms with van der Waals surface area (Å²) in [7, 11) is 0. The Hall–Kier alpha value is -3.05. The highest BCUT2D eigenvalue weighted by molar-refractivity contribution is 5.85. The highest BCUT2D eigenvalue weighted by atomic mass is 16.7. The number of furan rings is 1. The molecule has 0 amide bonds. The molecule has 4 rings (SSSR count). The van der Waals surface area contributed by atoms with Crippen molar-refractivity contribution in [1.29, 1.82) is 0 Å². The monoisotopic (exact) mass is 270 g/mol. The number of oxazole rings is 1. The summed E-state index contributed by atoms with van der Waals surface area (Å²) in [5.41, 5.74) is 0.628. The molecule has 1 aliphatic rings. The summed E-state index contributed by atoms with van der Waals surface area (Å²) in [4.78, 5) is 17.5. The van der Waals surface area contributed by atoms with Gasteiger partial charge in [0.25, 0.3) is 11.8 Å². The van der Waals surface area contributed by atoms with Crippen LogP contribution in [0.1, 0.15) is 0 Å². The van der Waals surface area contributed by atoms with Gasteiger partial charge < -0.3 is 18.3 Å². The minimum atomic E-state index is 0.0737. The van der Waals surface area contributed by atoms with Gasteiger partial charge in [0.15, 0.2) is 17.3 Å². The molecule has 0 atom stereocenters. The number of aromatic nitrogens is 1. The second-order valence-corrected chi connectivity index (χ2v) is 4.06. The van der Waals surface area contributed by atoms with Gasteiger partial charge in [-0.2, -0.15) is 0 Å². The Balaban J connectivity index is 1.82. The second kappa shape index (κ2) is 3.97. The topological polar surface area (TPSA) is 87.1 Å². The van der Waals surface area contributed by atoms with E-state index in [1.165, 1.54) is 12.3 Å². The zero-order valence-electron chi connectivity index (χ0n) is 9.95. The smallest absolute Gasteiger partial charge is 0.264 e. The lowest BCUT2D eigenvalue weighted by Gasteiger charge is -1.93. The number of carbonyl (C=O) groups excluding carboxylic acids is 1. The molecule has 98 valence electrons. The number of benzene rings is 1. The highest BCUT2D eigenvalue weighted by Gasteiger charge is 2.18. The summed E-state index contributed by atoms with van der Waals surface area (Å²) in [5.74, 6) is 2.04. The predicted octanol–water partition coefficient (Wildman–Crippen LogP) is 2.78. The first-order chi connectivity index (χ1) is 9.83. The quantitative estimate of drug-likeness (QED) is 0.525. The van der Waals surface area contributed by atoms with Crippen LogP contribution in [-0.2, 0) is 4.79 Å². The van der Waals surface area contributed by atoms with E-state index < -0.39 is 0 Å². The molecular formula is C13H6N2O5. The molecule has 20 heavy (non-hydrogen) atoms. The van der Waals surface area contributed by atoms with Crippen LogP contribution in [0.3, 0.4) is 0 Å². The molecule has 0 fully saturated rings. The van der Waals surface area contributed by atoms with Crippen molar-refractivity contribution in [2.45, 2.75) is 0 Å². The van der Waals surface area contributed by atoms with Gasteiger partial charge in [0.1, 0.15) is 5.58 Å². The third-order valence-electron chi connectivity index (χ3n) is 2.87. The number of hydrogen-bond donors (Lipinski definition) is 0. The summed E-state index contributed by atoms with van der Waals surface area (Å²) < 4.78 is 21.5. The van der Waals surface area contributed by atoms with E-state index in [1.807, 2.05) is 6.07 Å². The fourth-order valence-corrected chi connectivity index (χ4v) is 2.01. The van der Waals surface area contributed by atoms with Crippen LogP contribution in [0.5, 0.6) is 11.5 Å². The van der Waals surface area contributed by atoms with Crippen LogP contribution in [0.4, 0.5) is 5.88 Å². The fourth-order valence-electron chi connectivity index (χ4n) is 2.01. The van der Waals surface area contributed by atoms with Crippen molar-refractivity contribution in [3.63, 3.8) is 0 Å².